The van der Waals surface area contributed by atoms with Crippen LogP contribution in [0.25, 0.3) is 0 Å². The summed E-state index contributed by atoms with van der Waals surface area (Å²) in [5, 5.41) is 6.91. The zero-order valence-electron chi connectivity index (χ0n) is 16.1. The molecule has 1 unspecified atom stereocenters. The Hall–Kier alpha value is -1.06. The first-order valence-electron chi connectivity index (χ1n) is 9.24. The molecule has 2 bridgehead atoms. The van der Waals surface area contributed by atoms with E-state index in [1.54, 1.807) is 7.11 Å². The van der Waals surface area contributed by atoms with Crippen LogP contribution in [0, 0.1) is 6.92 Å². The molecule has 1 aromatic carbocycles. The van der Waals surface area contributed by atoms with Gasteiger partial charge in [0.15, 0.2) is 5.96 Å². The van der Waals surface area contributed by atoms with E-state index in [1.165, 1.54) is 43.9 Å². The molecule has 1 aromatic rings. The largest absolute Gasteiger partial charge is 0.496 e. The Kier molecular flexibility index (Phi) is 8.43. The highest BCUT2D eigenvalue weighted by molar-refractivity contribution is 14.0. The predicted octanol–water partition coefficient (Wildman–Crippen LogP) is 1.33. The van der Waals surface area contributed by atoms with Gasteiger partial charge in [0.05, 0.1) is 7.11 Å². The number of piperazine rings is 3. The molecule has 0 aromatic heterocycles. The molecule has 146 valence electrons. The highest BCUT2D eigenvalue weighted by Crippen LogP contribution is 2.19. The van der Waals surface area contributed by atoms with E-state index in [4.69, 9.17) is 4.74 Å². The Morgan fingerprint density at radius 1 is 1.23 bits per heavy atom. The van der Waals surface area contributed by atoms with E-state index in [0.717, 1.165) is 31.2 Å². The summed E-state index contributed by atoms with van der Waals surface area (Å²) in [6.45, 7) is 9.91. The summed E-state index contributed by atoms with van der Waals surface area (Å²) in [6.07, 6.45) is 0.912. The molecule has 3 fully saturated rings. The zero-order valence-corrected chi connectivity index (χ0v) is 18.5. The fourth-order valence-electron chi connectivity index (χ4n) is 3.77. The number of nitrogens with zero attached hydrogens (tertiary/aromatic N) is 3. The molecule has 7 heteroatoms. The number of hydrogen-bond acceptors (Lipinski definition) is 4. The smallest absolute Gasteiger partial charge is 0.191 e. The average Bonchev–Trinajstić information content (AvgIpc) is 2.65. The number of nitrogens with one attached hydrogen (secondary N) is 2. The third-order valence-electron chi connectivity index (χ3n) is 5.24. The molecule has 3 aliphatic heterocycles. The normalized spacial score (nSPS) is 24.7. The summed E-state index contributed by atoms with van der Waals surface area (Å²) in [5.41, 5.74) is 2.49. The van der Waals surface area contributed by atoms with Gasteiger partial charge in [-0.15, -0.1) is 24.0 Å². The Bertz CT molecular complexity index is 602. The third-order valence-corrected chi connectivity index (χ3v) is 5.24. The number of benzene rings is 1. The van der Waals surface area contributed by atoms with Crippen LogP contribution >= 0.6 is 24.0 Å². The highest BCUT2D eigenvalue weighted by atomic mass is 127. The minimum Gasteiger partial charge on any atom is -0.496 e. The SMILES string of the molecule is CN=C(NCCc1cc(C)ccc1OC)NCC1CN2CCN1CC2.I. The van der Waals surface area contributed by atoms with Gasteiger partial charge >= 0.3 is 0 Å². The topological polar surface area (TPSA) is 52.1 Å². The van der Waals surface area contributed by atoms with Crippen molar-refractivity contribution < 1.29 is 4.74 Å². The molecule has 6 nitrogen and oxygen atoms in total. The van der Waals surface area contributed by atoms with Gasteiger partial charge in [-0.2, -0.15) is 0 Å². The Morgan fingerprint density at radius 2 is 2.00 bits per heavy atom. The van der Waals surface area contributed by atoms with Gasteiger partial charge in [-0.3, -0.25) is 14.8 Å². The molecule has 4 rings (SSSR count). The first-order valence-corrected chi connectivity index (χ1v) is 9.24. The number of halogens is 1. The van der Waals surface area contributed by atoms with E-state index in [9.17, 15) is 0 Å². The van der Waals surface area contributed by atoms with E-state index in [2.05, 4.69) is 44.5 Å². The summed E-state index contributed by atoms with van der Waals surface area (Å²) in [6, 6.07) is 6.91. The molecule has 0 aliphatic carbocycles. The lowest BCUT2D eigenvalue weighted by Gasteiger charge is -2.47. The van der Waals surface area contributed by atoms with Gasteiger partial charge in [-0.1, -0.05) is 17.7 Å². The molecular weight excluding hydrogens is 441 g/mol. The lowest BCUT2D eigenvalue weighted by molar-refractivity contribution is 0.0154. The van der Waals surface area contributed by atoms with Crippen molar-refractivity contribution in [3.63, 3.8) is 0 Å². The second-order valence-corrected chi connectivity index (χ2v) is 6.94. The second-order valence-electron chi connectivity index (χ2n) is 6.94. The fraction of sp³-hybridized carbons (Fsp3) is 0.632. The van der Waals surface area contributed by atoms with Gasteiger partial charge in [-0.05, 0) is 25.0 Å². The first-order chi connectivity index (χ1) is 12.2. The number of rotatable bonds is 6. The molecule has 3 saturated heterocycles. The summed E-state index contributed by atoms with van der Waals surface area (Å²) >= 11 is 0. The van der Waals surface area contributed by atoms with Gasteiger partial charge < -0.3 is 15.4 Å². The quantitative estimate of drug-likeness (QED) is 0.371. The molecule has 0 radical (unpaired) electrons. The van der Waals surface area contributed by atoms with Gasteiger partial charge in [0.25, 0.3) is 0 Å². The van der Waals surface area contributed by atoms with Crippen LogP contribution in [0.2, 0.25) is 0 Å². The first kappa shape index (κ1) is 21.2. The van der Waals surface area contributed by atoms with Gasteiger partial charge in [-0.25, -0.2) is 0 Å². The van der Waals surface area contributed by atoms with Crippen molar-refractivity contribution in [1.82, 2.24) is 20.4 Å². The van der Waals surface area contributed by atoms with Crippen LogP contribution in [0.1, 0.15) is 11.1 Å². The van der Waals surface area contributed by atoms with Crippen molar-refractivity contribution in [3.05, 3.63) is 29.3 Å². The number of guanidine groups is 1. The average molecular weight is 473 g/mol. The second kappa shape index (κ2) is 10.3. The van der Waals surface area contributed by atoms with Crippen molar-refractivity contribution in [3.8, 4) is 5.75 Å². The lowest BCUT2D eigenvalue weighted by Crippen LogP contribution is -2.63. The Labute approximate surface area is 174 Å². The van der Waals surface area contributed by atoms with E-state index in [1.807, 2.05) is 13.1 Å². The predicted molar refractivity (Wildman–Crippen MR) is 118 cm³/mol. The van der Waals surface area contributed by atoms with Crippen molar-refractivity contribution in [1.29, 1.82) is 0 Å². The Morgan fingerprint density at radius 3 is 2.62 bits per heavy atom. The molecule has 1 atom stereocenters. The van der Waals surface area contributed by atoms with Crippen molar-refractivity contribution in [2.45, 2.75) is 19.4 Å². The van der Waals surface area contributed by atoms with Crippen LogP contribution in [-0.2, 0) is 6.42 Å². The maximum Gasteiger partial charge on any atom is 0.191 e. The van der Waals surface area contributed by atoms with Crippen molar-refractivity contribution >= 4 is 29.9 Å². The number of aliphatic imine (C=N–C) groups is 1. The maximum absolute atomic E-state index is 5.46. The highest BCUT2D eigenvalue weighted by Gasteiger charge is 2.31. The molecule has 2 N–H and O–H groups in total. The van der Waals surface area contributed by atoms with E-state index >= 15 is 0 Å². The number of ether oxygens (including phenoxy) is 1. The number of aryl methyl sites for hydroxylation is 1. The lowest BCUT2D eigenvalue weighted by atomic mass is 10.1. The minimum atomic E-state index is 0. The zero-order chi connectivity index (χ0) is 17.6. The van der Waals surface area contributed by atoms with E-state index in [0.29, 0.717) is 6.04 Å². The summed E-state index contributed by atoms with van der Waals surface area (Å²) in [4.78, 5) is 9.51. The monoisotopic (exact) mass is 473 g/mol. The summed E-state index contributed by atoms with van der Waals surface area (Å²) in [7, 11) is 3.56. The maximum atomic E-state index is 5.46. The molecular formula is C19H32IN5O. The van der Waals surface area contributed by atoms with Crippen LogP contribution in [0.3, 0.4) is 0 Å². The standard InChI is InChI=1S/C19H31N5O.HI/c1-15-4-5-18(25-3)16(12-15)6-7-21-19(20-2)22-13-17-14-23-8-10-24(17)11-9-23;/h4-5,12,17H,6-11,13-14H2,1-3H3,(H2,20,21,22);1H. The third kappa shape index (κ3) is 5.47. The number of hydrogen-bond donors (Lipinski definition) is 2. The van der Waals surface area contributed by atoms with E-state index in [-0.39, 0.29) is 24.0 Å². The van der Waals surface area contributed by atoms with Gasteiger partial charge in [0, 0.05) is 58.9 Å². The van der Waals surface area contributed by atoms with Gasteiger partial charge in [0.1, 0.15) is 5.75 Å². The van der Waals surface area contributed by atoms with E-state index < -0.39 is 0 Å². The van der Waals surface area contributed by atoms with Gasteiger partial charge in [0.2, 0.25) is 0 Å². The van der Waals surface area contributed by atoms with Crippen LogP contribution in [0.5, 0.6) is 5.75 Å². The molecule has 0 spiro atoms. The molecule has 0 amide bonds. The summed E-state index contributed by atoms with van der Waals surface area (Å²) < 4.78 is 5.46. The molecule has 0 saturated carbocycles. The van der Waals surface area contributed by atoms with Crippen LogP contribution in [-0.4, -0.2) is 81.8 Å². The van der Waals surface area contributed by atoms with Crippen LogP contribution in [0.15, 0.2) is 23.2 Å². The van der Waals surface area contributed by atoms with Crippen LogP contribution < -0.4 is 15.4 Å². The minimum absolute atomic E-state index is 0. The fourth-order valence-corrected chi connectivity index (χ4v) is 3.77. The van der Waals surface area contributed by atoms with Crippen molar-refractivity contribution in [2.24, 2.45) is 4.99 Å². The summed E-state index contributed by atoms with van der Waals surface area (Å²) in [5.74, 6) is 1.83. The number of methoxy groups -OCH3 is 1. The Balaban J connectivity index is 0.00000243. The molecule has 3 aliphatic rings. The molecule has 26 heavy (non-hydrogen) atoms. The van der Waals surface area contributed by atoms with Crippen molar-refractivity contribution in [2.75, 3.05) is 60.0 Å². The van der Waals surface area contributed by atoms with Crippen LogP contribution in [0.4, 0.5) is 0 Å². The number of fused-ring (bicyclic) bond motifs is 3. The molecule has 3 heterocycles.